The zero-order valence-corrected chi connectivity index (χ0v) is 52.1. The van der Waals surface area contributed by atoms with Gasteiger partial charge in [0, 0.05) is 20.8 Å². The number of ether oxygens (including phenoxy) is 16. The molecule has 6 aromatic rings. The minimum Gasteiger partial charge on any atom is -0.463 e. The van der Waals surface area contributed by atoms with Crippen LogP contribution in [0.3, 0.4) is 0 Å². The summed E-state index contributed by atoms with van der Waals surface area (Å²) in [5, 5.41) is 0. The van der Waals surface area contributed by atoms with Crippen LogP contribution in [0.15, 0.2) is 195 Å². The zero-order valence-electron chi connectivity index (χ0n) is 52.1. The number of benzene rings is 6. The van der Waals surface area contributed by atoms with Crippen molar-refractivity contribution in [2.75, 3.05) is 26.4 Å². The molecule has 15 atom stereocenters. The number of carbonyl (C=O) groups excluding carboxylic acids is 4. The molecule has 3 aliphatic rings. The predicted molar refractivity (Wildman–Crippen MR) is 328 cm³/mol. The van der Waals surface area contributed by atoms with E-state index >= 15 is 0 Å². The summed E-state index contributed by atoms with van der Waals surface area (Å²) >= 11 is 0. The van der Waals surface area contributed by atoms with Crippen LogP contribution < -0.4 is 0 Å². The first-order valence-electron chi connectivity index (χ1n) is 30.7. The molecule has 0 bridgehead atoms. The Balaban J connectivity index is 1.19. The molecule has 0 aliphatic carbocycles. The highest BCUT2D eigenvalue weighted by Crippen LogP contribution is 2.40. The van der Waals surface area contributed by atoms with Crippen molar-refractivity contribution in [1.82, 2.24) is 0 Å². The highest BCUT2D eigenvalue weighted by atomic mass is 19.4. The van der Waals surface area contributed by atoms with Gasteiger partial charge < -0.3 is 75.8 Å². The van der Waals surface area contributed by atoms with Gasteiger partial charge in [-0.15, -0.1) is 6.58 Å². The van der Waals surface area contributed by atoms with Gasteiger partial charge in [-0.2, -0.15) is 13.2 Å². The van der Waals surface area contributed by atoms with Crippen molar-refractivity contribution in [3.8, 4) is 0 Å². The van der Waals surface area contributed by atoms with Crippen molar-refractivity contribution in [3.05, 3.63) is 228 Å². The summed E-state index contributed by atoms with van der Waals surface area (Å²) in [5.41, 5.74) is 4.20. The third-order valence-electron chi connectivity index (χ3n) is 15.2. The van der Waals surface area contributed by atoms with Gasteiger partial charge in [0.15, 0.2) is 43.3 Å². The fourth-order valence-electron chi connectivity index (χ4n) is 10.9. The van der Waals surface area contributed by atoms with Crippen molar-refractivity contribution < 1.29 is 108 Å². The van der Waals surface area contributed by atoms with Crippen LogP contribution in [0, 0.1) is 0 Å². The first-order chi connectivity index (χ1) is 45.6. The summed E-state index contributed by atoms with van der Waals surface area (Å²) in [7, 11) is 0. The molecule has 23 heteroatoms. The van der Waals surface area contributed by atoms with Gasteiger partial charge in [0.25, 0.3) is 0 Å². The van der Waals surface area contributed by atoms with E-state index in [1.165, 1.54) is 6.08 Å². The van der Waals surface area contributed by atoms with Gasteiger partial charge in [-0.3, -0.25) is 14.4 Å². The minimum atomic E-state index is -5.56. The fourth-order valence-corrected chi connectivity index (χ4v) is 10.9. The quantitative estimate of drug-likeness (QED) is 0.0218. The summed E-state index contributed by atoms with van der Waals surface area (Å²) in [4.78, 5) is 53.2. The highest BCUT2D eigenvalue weighted by Gasteiger charge is 2.60. The third kappa shape index (κ3) is 20.9. The molecule has 0 saturated carbocycles. The van der Waals surface area contributed by atoms with Crippen molar-refractivity contribution in [2.24, 2.45) is 0 Å². The maximum Gasteiger partial charge on any atom is 0.490 e. The molecule has 0 N–H and O–H groups in total. The lowest BCUT2D eigenvalue weighted by molar-refractivity contribution is -0.400. The van der Waals surface area contributed by atoms with E-state index in [9.17, 15) is 32.3 Å². The number of hydrogen-bond donors (Lipinski definition) is 0. The van der Waals surface area contributed by atoms with Crippen LogP contribution in [0.5, 0.6) is 0 Å². The Kier molecular flexibility index (Phi) is 26.8. The molecule has 0 unspecified atom stereocenters. The summed E-state index contributed by atoms with van der Waals surface area (Å²) in [6.07, 6.45) is -28.3. The van der Waals surface area contributed by atoms with Crippen LogP contribution in [0.1, 0.15) is 54.2 Å². The molecule has 3 aliphatic heterocycles. The van der Waals surface area contributed by atoms with E-state index in [-0.39, 0.29) is 52.9 Å². The molecular weight excluding hydrogens is 1230 g/mol. The molecule has 0 radical (unpaired) electrons. The number of rotatable bonds is 32. The highest BCUT2D eigenvalue weighted by molar-refractivity contribution is 5.76. The third-order valence-corrected chi connectivity index (χ3v) is 15.2. The first kappa shape index (κ1) is 70.6. The molecule has 0 aromatic heterocycles. The van der Waals surface area contributed by atoms with Gasteiger partial charge in [0.2, 0.25) is 0 Å². The van der Waals surface area contributed by atoms with Crippen LogP contribution in [-0.2, 0) is 135 Å². The first-order valence-corrected chi connectivity index (χ1v) is 30.7. The molecule has 94 heavy (non-hydrogen) atoms. The van der Waals surface area contributed by atoms with Crippen LogP contribution in [-0.4, -0.2) is 149 Å². The lowest BCUT2D eigenvalue weighted by atomic mass is 9.95. The smallest absolute Gasteiger partial charge is 0.463 e. The van der Waals surface area contributed by atoms with E-state index in [1.54, 1.807) is 84.9 Å². The van der Waals surface area contributed by atoms with Crippen LogP contribution in [0.4, 0.5) is 13.2 Å². The van der Waals surface area contributed by atoms with E-state index < -0.39 is 135 Å². The number of esters is 4. The van der Waals surface area contributed by atoms with Gasteiger partial charge in [-0.05, 0) is 33.4 Å². The normalized spacial score (nSPS) is 26.1. The van der Waals surface area contributed by atoms with Crippen molar-refractivity contribution in [1.29, 1.82) is 0 Å². The van der Waals surface area contributed by atoms with Crippen molar-refractivity contribution >= 4 is 23.9 Å². The fraction of sp³-hybridized carbons (Fsp3) is 0.408. The van der Waals surface area contributed by atoms with E-state index in [0.29, 0.717) is 16.7 Å². The Morgan fingerprint density at radius 3 is 1.11 bits per heavy atom. The topological polar surface area (TPSA) is 216 Å². The monoisotopic (exact) mass is 1310 g/mol. The van der Waals surface area contributed by atoms with Gasteiger partial charge in [-0.1, -0.05) is 188 Å². The molecule has 9 rings (SSSR count). The Bertz CT molecular complexity index is 3250. The molecule has 3 fully saturated rings. The number of alkyl halides is 3. The molecule has 3 saturated heterocycles. The Morgan fingerprint density at radius 2 is 0.713 bits per heavy atom. The Labute approximate surface area is 543 Å². The number of carbonyl (C=O) groups is 4. The van der Waals surface area contributed by atoms with Crippen molar-refractivity contribution in [2.45, 2.75) is 159 Å². The lowest BCUT2D eigenvalue weighted by Gasteiger charge is -2.51. The molecule has 0 spiro atoms. The van der Waals surface area contributed by atoms with Gasteiger partial charge in [-0.25, -0.2) is 4.79 Å². The van der Waals surface area contributed by atoms with Gasteiger partial charge in [0.1, 0.15) is 55.4 Å². The summed E-state index contributed by atoms with van der Waals surface area (Å²) in [6.45, 7) is 5.38. The average Bonchev–Trinajstić information content (AvgIpc) is 1.03. The molecular formula is C71H77F3O20. The van der Waals surface area contributed by atoms with Gasteiger partial charge in [0.05, 0.1) is 59.5 Å². The number of hydrogen-bond acceptors (Lipinski definition) is 20. The summed E-state index contributed by atoms with van der Waals surface area (Å²) < 4.78 is 148. The SMILES string of the molecule is C=CCO[C@H]1O[C@H](COCc2ccccc2)[C@@H](OCc2ccccc2)[C@H](OCc2ccccc2)[C@@H]1O[C@H]1O[C@H](COC(C)=O)[C@@H](OC(C)=O)[C@H](OC(C)=O)[C@@H]1O[C@H]1O[C@H](COCc2ccccc2)[C@@H](OCc2ccccc2)[C@H](OC(=O)C(F)(F)F)[C@@H]1OCc1ccccc1. The second kappa shape index (κ2) is 35.7. The molecule has 0 amide bonds. The molecule has 3 heterocycles. The van der Waals surface area contributed by atoms with Crippen LogP contribution in [0.25, 0.3) is 0 Å². The largest absolute Gasteiger partial charge is 0.490 e. The van der Waals surface area contributed by atoms with Crippen LogP contribution >= 0.6 is 0 Å². The lowest BCUT2D eigenvalue weighted by Crippen LogP contribution is -2.69. The second-order valence-electron chi connectivity index (χ2n) is 22.3. The summed E-state index contributed by atoms with van der Waals surface area (Å²) in [6, 6.07) is 54.2. The summed E-state index contributed by atoms with van der Waals surface area (Å²) in [5.74, 6) is -5.28. The Morgan fingerprint density at radius 1 is 0.383 bits per heavy atom. The van der Waals surface area contributed by atoms with Gasteiger partial charge >= 0.3 is 30.1 Å². The van der Waals surface area contributed by atoms with E-state index in [2.05, 4.69) is 6.58 Å². The average molecular weight is 1310 g/mol. The predicted octanol–water partition coefficient (Wildman–Crippen LogP) is 9.81. The maximum absolute atomic E-state index is 14.8. The van der Waals surface area contributed by atoms with E-state index in [0.717, 1.165) is 37.5 Å². The Hall–Kier alpha value is -7.75. The van der Waals surface area contributed by atoms with Crippen LogP contribution in [0.2, 0.25) is 0 Å². The molecule has 502 valence electrons. The standard InChI is InChI=1S/C71H77F3O20/c1-5-36-81-67-65(61(85-41-53-32-20-10-21-33-53)58(83-39-51-28-16-8-17-29-51)55(89-67)43-79-37-49-24-12-6-13-25-49)92-69-66(63(88-48(4)77)60(87-47(3)76)57(91-69)45-82-46(2)75)93-68-64(86-42-54-34-22-11-23-35-54)62(94-70(78)71(72,73)74)59(84-40-52-30-18-9-19-31-52)56(90-68)44-80-38-50-26-14-7-15-27-50/h5-35,55-69H,1,36-45H2,2-4H3/t55-,56-,57-,58-,59-,60-,61+,62+,63+,64+,65+,66+,67+,68-,69-/m1/s1. The molecule has 20 nitrogen and oxygen atoms in total. The maximum atomic E-state index is 14.8. The minimum absolute atomic E-state index is 0.0185. The second-order valence-corrected chi connectivity index (χ2v) is 22.3. The number of halogens is 3. The van der Waals surface area contributed by atoms with E-state index in [4.69, 9.17) is 75.8 Å². The molecule has 6 aromatic carbocycles. The van der Waals surface area contributed by atoms with Crippen molar-refractivity contribution in [3.63, 3.8) is 0 Å². The van der Waals surface area contributed by atoms with E-state index in [1.807, 2.05) is 97.1 Å². The zero-order chi connectivity index (χ0) is 66.2.